The molecule has 0 aliphatic carbocycles. The lowest BCUT2D eigenvalue weighted by atomic mass is 10.2. The second kappa shape index (κ2) is 12.4. The molecule has 0 saturated heterocycles. The molecule has 0 radical (unpaired) electrons. The third-order valence-electron chi connectivity index (χ3n) is 5.96. The molecule has 1 amide bonds. The van der Waals surface area contributed by atoms with Crippen molar-refractivity contribution < 1.29 is 23.0 Å². The molecule has 11 nitrogen and oxygen atoms in total. The molecule has 0 saturated carbocycles. The van der Waals surface area contributed by atoms with Gasteiger partial charge in [-0.1, -0.05) is 24.3 Å². The normalized spacial score (nSPS) is 11.5. The highest BCUT2D eigenvalue weighted by Gasteiger charge is 2.21. The van der Waals surface area contributed by atoms with Crippen LogP contribution in [0.5, 0.6) is 11.5 Å². The number of carbonyl (C=O) groups excluding carboxylic acids is 1. The highest BCUT2D eigenvalue weighted by atomic mass is 32.2. The van der Waals surface area contributed by atoms with Gasteiger partial charge in [-0.05, 0) is 42.0 Å². The Balaban J connectivity index is 1.53. The monoisotopic (exact) mass is 569 g/mol. The number of nitrogens with one attached hydrogen (secondary N) is 2. The lowest BCUT2D eigenvalue weighted by Gasteiger charge is -2.27. The molecule has 5 aromatic rings. The van der Waals surface area contributed by atoms with Gasteiger partial charge < -0.3 is 24.7 Å². The number of pyridine rings is 1. The molecular weight excluding hydrogens is 544 g/mol. The minimum Gasteiger partial charge on any atom is -0.755 e. The lowest BCUT2D eigenvalue weighted by Crippen LogP contribution is -2.23. The third kappa shape index (κ3) is 6.57. The van der Waals surface area contributed by atoms with Gasteiger partial charge in [-0.15, -0.1) is 0 Å². The maximum Gasteiger partial charge on any atom is 0.228 e. The van der Waals surface area contributed by atoms with Crippen molar-refractivity contribution in [3.8, 4) is 11.5 Å². The van der Waals surface area contributed by atoms with Gasteiger partial charge in [-0.2, -0.15) is 0 Å². The molecule has 2 heterocycles. The summed E-state index contributed by atoms with van der Waals surface area (Å²) in [5.41, 5.74) is 3.00. The molecule has 0 fully saturated rings. The van der Waals surface area contributed by atoms with Crippen LogP contribution in [0.25, 0.3) is 11.0 Å². The van der Waals surface area contributed by atoms with E-state index >= 15 is 0 Å². The largest absolute Gasteiger partial charge is 0.755 e. The first kappa shape index (κ1) is 27.5. The van der Waals surface area contributed by atoms with Crippen LogP contribution < -0.4 is 24.4 Å². The number of ether oxygens (including phenoxy) is 2. The smallest absolute Gasteiger partial charge is 0.228 e. The van der Waals surface area contributed by atoms with E-state index in [9.17, 15) is 13.6 Å². The molecule has 5 rings (SSSR count). The van der Waals surface area contributed by atoms with Gasteiger partial charge in [0.2, 0.25) is 5.91 Å². The van der Waals surface area contributed by atoms with Gasteiger partial charge in [0.1, 0.15) is 11.5 Å². The molecule has 1 atom stereocenters. The van der Waals surface area contributed by atoms with Crippen molar-refractivity contribution in [1.29, 1.82) is 0 Å². The van der Waals surface area contributed by atoms with Crippen molar-refractivity contribution in [2.45, 2.75) is 6.42 Å². The number of amides is 1. The number of methoxy groups -OCH3 is 2. The number of anilines is 5. The highest BCUT2D eigenvalue weighted by Crippen LogP contribution is 2.36. The second-order valence-corrected chi connectivity index (χ2v) is 9.56. The minimum atomic E-state index is -2.81. The predicted molar refractivity (Wildman–Crippen MR) is 156 cm³/mol. The van der Waals surface area contributed by atoms with Gasteiger partial charge in [0, 0.05) is 42.0 Å². The first-order valence-corrected chi connectivity index (χ1v) is 13.4. The highest BCUT2D eigenvalue weighted by molar-refractivity contribution is 7.81. The molecule has 1 unspecified atom stereocenters. The van der Waals surface area contributed by atoms with E-state index in [0.717, 1.165) is 9.87 Å². The quantitative estimate of drug-likeness (QED) is 0.225. The van der Waals surface area contributed by atoms with Gasteiger partial charge in [0.05, 0.1) is 48.6 Å². The summed E-state index contributed by atoms with van der Waals surface area (Å²) in [7, 11) is 3.06. The predicted octanol–water partition coefficient (Wildman–Crippen LogP) is 4.90. The number of carbonyl (C=O) groups is 1. The van der Waals surface area contributed by atoms with Crippen LogP contribution in [0.4, 0.5) is 28.7 Å². The van der Waals surface area contributed by atoms with Crippen LogP contribution in [0.1, 0.15) is 5.56 Å². The summed E-state index contributed by atoms with van der Waals surface area (Å²) in [6.07, 6.45) is 3.36. The Morgan fingerprint density at radius 3 is 2.29 bits per heavy atom. The number of fused-ring (bicyclic) bond motifs is 1. The molecule has 2 aromatic heterocycles. The van der Waals surface area contributed by atoms with Crippen molar-refractivity contribution in [1.82, 2.24) is 15.0 Å². The molecule has 3 aromatic carbocycles. The maximum atomic E-state index is 12.7. The molecule has 0 aliphatic rings. The van der Waals surface area contributed by atoms with E-state index in [4.69, 9.17) is 9.47 Å². The van der Waals surface area contributed by atoms with Crippen LogP contribution in [0.3, 0.4) is 0 Å². The number of benzene rings is 3. The summed E-state index contributed by atoms with van der Waals surface area (Å²) in [5, 5.41) is 5.98. The Morgan fingerprint density at radius 2 is 1.63 bits per heavy atom. The van der Waals surface area contributed by atoms with Crippen LogP contribution >= 0.6 is 0 Å². The van der Waals surface area contributed by atoms with E-state index in [2.05, 4.69) is 25.6 Å². The van der Waals surface area contributed by atoms with Gasteiger partial charge >= 0.3 is 0 Å². The third-order valence-corrected chi connectivity index (χ3v) is 6.64. The van der Waals surface area contributed by atoms with Crippen molar-refractivity contribution in [2.75, 3.05) is 29.2 Å². The van der Waals surface area contributed by atoms with Gasteiger partial charge in [-0.25, -0.2) is 9.97 Å². The number of hydrogen-bond donors (Lipinski definition) is 2. The fraction of sp³-hybridized carbons (Fsp3) is 0.103. The Labute approximate surface area is 238 Å². The average Bonchev–Trinajstić information content (AvgIpc) is 2.97. The maximum absolute atomic E-state index is 12.7. The summed E-state index contributed by atoms with van der Waals surface area (Å²) >= 11 is -2.81. The zero-order chi connectivity index (χ0) is 28.8. The van der Waals surface area contributed by atoms with E-state index in [0.29, 0.717) is 33.9 Å². The molecule has 12 heteroatoms. The molecule has 2 N–H and O–H groups in total. The van der Waals surface area contributed by atoms with Crippen molar-refractivity contribution >= 4 is 56.9 Å². The summed E-state index contributed by atoms with van der Waals surface area (Å²) in [6.45, 7) is 0. The zero-order valence-corrected chi connectivity index (χ0v) is 22.9. The van der Waals surface area contributed by atoms with Crippen molar-refractivity contribution in [2.24, 2.45) is 0 Å². The minimum absolute atomic E-state index is 0.0256. The topological polar surface area (TPSA) is 142 Å². The van der Waals surface area contributed by atoms with Crippen LogP contribution in [0, 0.1) is 0 Å². The fourth-order valence-corrected chi connectivity index (χ4v) is 4.67. The van der Waals surface area contributed by atoms with E-state index in [1.54, 1.807) is 85.2 Å². The summed E-state index contributed by atoms with van der Waals surface area (Å²) in [4.78, 5) is 26.0. The number of nitrogens with zero attached hydrogens (tertiary/aromatic N) is 4. The van der Waals surface area contributed by atoms with Gasteiger partial charge in [-0.3, -0.25) is 18.3 Å². The number of rotatable bonds is 10. The molecule has 208 valence electrons. The van der Waals surface area contributed by atoms with Crippen molar-refractivity contribution in [3.63, 3.8) is 0 Å². The Hall–Kier alpha value is -5.07. The standard InChI is InChI=1S/C29H26N6O5S/c1-39-23-15-21(16-24(17-23)40-2)32-28-29(34-26-11-4-3-10-25(26)33-28)35(41(37)38)22-9-5-8-20(14-22)31-27(36)13-19-7-6-12-30-18-19/h3-12,14-18H,13H2,1-2H3,(H,31,36)(H,32,33)(H,37,38)/p-1. The second-order valence-electron chi connectivity index (χ2n) is 8.76. The number of aromatic nitrogens is 3. The number of hydrogen-bond acceptors (Lipinski definition) is 9. The van der Waals surface area contributed by atoms with Crippen LogP contribution in [0.15, 0.2) is 91.3 Å². The summed E-state index contributed by atoms with van der Waals surface area (Å²) in [6, 6.07) is 22.3. The SMILES string of the molecule is COc1cc(Nc2nc3ccccc3nc2N(c2cccc(NC(=O)Cc3cccnc3)c2)S(=O)[O-])cc(OC)c1. The van der Waals surface area contributed by atoms with E-state index < -0.39 is 11.3 Å². The van der Waals surface area contributed by atoms with Gasteiger partial charge in [0.15, 0.2) is 11.6 Å². The average molecular weight is 570 g/mol. The summed E-state index contributed by atoms with van der Waals surface area (Å²) < 4.78 is 37.2. The van der Waals surface area contributed by atoms with Crippen molar-refractivity contribution in [3.05, 3.63) is 96.8 Å². The lowest BCUT2D eigenvalue weighted by molar-refractivity contribution is -0.115. The van der Waals surface area contributed by atoms with Crippen LogP contribution in [-0.2, 0) is 22.5 Å². The van der Waals surface area contributed by atoms with Crippen LogP contribution in [0.2, 0.25) is 0 Å². The Kier molecular flexibility index (Phi) is 8.32. The first-order valence-electron chi connectivity index (χ1n) is 12.4. The first-order chi connectivity index (χ1) is 19.9. The molecule has 0 aliphatic heterocycles. The van der Waals surface area contributed by atoms with Gasteiger partial charge in [0.25, 0.3) is 0 Å². The molecule has 41 heavy (non-hydrogen) atoms. The number of para-hydroxylation sites is 2. The van der Waals surface area contributed by atoms with Crippen LogP contribution in [-0.4, -0.2) is 43.8 Å². The Morgan fingerprint density at radius 1 is 0.902 bits per heavy atom. The molecular formula is C29H25N6O5S-. The van der Waals surface area contributed by atoms with E-state index in [1.165, 1.54) is 14.2 Å². The molecule has 0 spiro atoms. The zero-order valence-electron chi connectivity index (χ0n) is 22.1. The fourth-order valence-electron chi connectivity index (χ4n) is 4.11. The summed E-state index contributed by atoms with van der Waals surface area (Å²) in [5.74, 6) is 0.985. The van der Waals surface area contributed by atoms with E-state index in [-0.39, 0.29) is 29.7 Å². The van der Waals surface area contributed by atoms with E-state index in [1.807, 2.05) is 6.07 Å². The molecule has 0 bridgehead atoms. The Bertz CT molecular complexity index is 1700.